The van der Waals surface area contributed by atoms with Gasteiger partial charge in [-0.2, -0.15) is 5.26 Å². The molecule has 0 saturated heterocycles. The lowest BCUT2D eigenvalue weighted by Gasteiger charge is -2.07. The average Bonchev–Trinajstić information content (AvgIpc) is 3.12. The summed E-state index contributed by atoms with van der Waals surface area (Å²) in [5.74, 6) is -0.281. The van der Waals surface area contributed by atoms with E-state index in [4.69, 9.17) is 5.26 Å². The molecule has 0 amide bonds. The Morgan fingerprint density at radius 1 is 1.11 bits per heavy atom. The number of hydrogen-bond acceptors (Lipinski definition) is 5. The van der Waals surface area contributed by atoms with Gasteiger partial charge in [0.25, 0.3) is 5.56 Å². The number of aromatic hydroxyl groups is 1. The Bertz CT molecular complexity index is 1320. The third-order valence-electron chi connectivity index (χ3n) is 4.63. The van der Waals surface area contributed by atoms with E-state index >= 15 is 0 Å². The van der Waals surface area contributed by atoms with Gasteiger partial charge >= 0.3 is 0 Å². The third kappa shape index (κ3) is 2.88. The molecule has 136 valence electrons. The number of hydrogen-bond donors (Lipinski definition) is 2. The van der Waals surface area contributed by atoms with Gasteiger partial charge in [0.2, 0.25) is 0 Å². The Morgan fingerprint density at radius 2 is 1.82 bits per heavy atom. The lowest BCUT2D eigenvalue weighted by atomic mass is 9.98. The van der Waals surface area contributed by atoms with Crippen LogP contribution in [0.25, 0.3) is 32.5 Å². The molecule has 0 saturated carbocycles. The number of carbonyl (C=O) groups is 1. The maximum atomic E-state index is 11.9. The van der Waals surface area contributed by atoms with E-state index in [-0.39, 0.29) is 17.1 Å². The van der Waals surface area contributed by atoms with E-state index in [9.17, 15) is 14.7 Å². The Morgan fingerprint density at radius 3 is 2.50 bits per heavy atom. The Balaban J connectivity index is 1.80. The van der Waals surface area contributed by atoms with E-state index in [1.807, 2.05) is 47.8 Å². The van der Waals surface area contributed by atoms with Crippen LogP contribution in [0.3, 0.4) is 0 Å². The molecule has 4 rings (SSSR count). The van der Waals surface area contributed by atoms with Gasteiger partial charge in [0.1, 0.15) is 16.6 Å². The lowest BCUT2D eigenvalue weighted by Crippen LogP contribution is -2.09. The number of pyridine rings is 1. The molecule has 0 spiro atoms. The first kappa shape index (κ1) is 17.7. The van der Waals surface area contributed by atoms with Crippen LogP contribution >= 0.6 is 11.3 Å². The van der Waals surface area contributed by atoms with E-state index in [0.29, 0.717) is 15.8 Å². The summed E-state index contributed by atoms with van der Waals surface area (Å²) in [6.45, 7) is 1.54. The zero-order valence-electron chi connectivity index (χ0n) is 14.8. The predicted molar refractivity (Wildman–Crippen MR) is 110 cm³/mol. The highest BCUT2D eigenvalue weighted by Crippen LogP contribution is 2.39. The second kappa shape index (κ2) is 6.80. The number of thiophene rings is 1. The van der Waals surface area contributed by atoms with Gasteiger partial charge in [-0.15, -0.1) is 11.3 Å². The van der Waals surface area contributed by atoms with E-state index in [1.165, 1.54) is 18.3 Å². The summed E-state index contributed by atoms with van der Waals surface area (Å²) in [7, 11) is 0. The summed E-state index contributed by atoms with van der Waals surface area (Å²) in [6.07, 6.45) is 0. The number of carbonyl (C=O) groups excluding carboxylic acids is 1. The van der Waals surface area contributed by atoms with E-state index in [2.05, 4.69) is 4.98 Å². The molecule has 0 atom stereocenters. The zero-order valence-corrected chi connectivity index (χ0v) is 15.6. The van der Waals surface area contributed by atoms with Crippen molar-refractivity contribution in [1.82, 2.24) is 4.98 Å². The van der Waals surface area contributed by atoms with E-state index in [1.54, 1.807) is 12.1 Å². The third-order valence-corrected chi connectivity index (χ3v) is 5.52. The summed E-state index contributed by atoms with van der Waals surface area (Å²) >= 11 is 1.30. The van der Waals surface area contributed by atoms with Crippen molar-refractivity contribution in [2.24, 2.45) is 0 Å². The number of nitrogens with one attached hydrogen (secondary N) is 1. The van der Waals surface area contributed by atoms with E-state index in [0.717, 1.165) is 22.3 Å². The number of Topliss-reactive ketones (excluding diaryl/α,β-unsaturated/α-hetero) is 1. The second-order valence-electron chi connectivity index (χ2n) is 6.36. The van der Waals surface area contributed by atoms with Crippen LogP contribution in [0.1, 0.15) is 22.8 Å². The summed E-state index contributed by atoms with van der Waals surface area (Å²) < 4.78 is 0. The number of aromatic amines is 1. The molecule has 2 aromatic heterocycles. The van der Waals surface area contributed by atoms with Gasteiger partial charge < -0.3 is 10.1 Å². The predicted octanol–water partition coefficient (Wildman–Crippen LogP) is 4.70. The minimum atomic E-state index is -0.596. The van der Waals surface area contributed by atoms with Crippen LogP contribution < -0.4 is 5.56 Å². The van der Waals surface area contributed by atoms with Crippen molar-refractivity contribution in [1.29, 1.82) is 5.26 Å². The number of ketones is 1. The zero-order chi connectivity index (χ0) is 19.8. The lowest BCUT2D eigenvalue weighted by molar-refractivity contribution is 0.101. The Kier molecular flexibility index (Phi) is 4.30. The highest BCUT2D eigenvalue weighted by Gasteiger charge is 2.17. The molecule has 6 heteroatoms. The molecule has 4 aromatic rings. The molecule has 2 heterocycles. The van der Waals surface area contributed by atoms with Gasteiger partial charge in [-0.1, -0.05) is 42.5 Å². The SMILES string of the molecule is CC(=O)c1cccc(-c2ccc(-c3csc4[nH]c(=O)c(C#N)c(O)c34)cc2)c1. The van der Waals surface area contributed by atoms with Crippen LogP contribution in [0, 0.1) is 11.3 Å². The summed E-state index contributed by atoms with van der Waals surface area (Å²) in [5.41, 5.74) is 3.27. The van der Waals surface area contributed by atoms with Crippen LogP contribution in [0.15, 0.2) is 58.7 Å². The van der Waals surface area contributed by atoms with Crippen molar-refractivity contribution in [2.75, 3.05) is 0 Å². The fourth-order valence-corrected chi connectivity index (χ4v) is 4.13. The number of rotatable bonds is 3. The van der Waals surface area contributed by atoms with Crippen molar-refractivity contribution >= 4 is 27.3 Å². The quantitative estimate of drug-likeness (QED) is 0.499. The standard InChI is InChI=1S/C22H14N2O3S/c1-12(25)15-3-2-4-16(9-15)13-5-7-14(8-6-13)18-11-28-22-19(18)20(26)17(10-23)21(27)24-22/h2-9,11H,1H3,(H2,24,26,27). The molecule has 28 heavy (non-hydrogen) atoms. The van der Waals surface area contributed by atoms with Crippen LogP contribution in [-0.4, -0.2) is 15.9 Å². The summed E-state index contributed by atoms with van der Waals surface area (Å²) in [6, 6.07) is 16.9. The smallest absolute Gasteiger partial charge is 0.270 e. The molecule has 0 unspecified atom stereocenters. The monoisotopic (exact) mass is 386 g/mol. The molecule has 0 aliphatic rings. The number of H-pyrrole nitrogens is 1. The van der Waals surface area contributed by atoms with Crippen molar-refractivity contribution < 1.29 is 9.90 Å². The molecule has 2 N–H and O–H groups in total. The number of aromatic nitrogens is 1. The summed E-state index contributed by atoms with van der Waals surface area (Å²) in [4.78, 5) is 26.6. The largest absolute Gasteiger partial charge is 0.506 e. The van der Waals surface area contributed by atoms with Gasteiger partial charge in [0.15, 0.2) is 11.3 Å². The van der Waals surface area contributed by atoms with Gasteiger partial charge in [0, 0.05) is 16.5 Å². The molecule has 0 aliphatic carbocycles. The number of nitrogens with zero attached hydrogens (tertiary/aromatic N) is 1. The second-order valence-corrected chi connectivity index (χ2v) is 7.24. The van der Waals surface area contributed by atoms with Gasteiger partial charge in [0.05, 0.1) is 5.39 Å². The van der Waals surface area contributed by atoms with Crippen LogP contribution in [0.5, 0.6) is 5.75 Å². The van der Waals surface area contributed by atoms with Gasteiger partial charge in [-0.05, 0) is 29.7 Å². The molecule has 0 radical (unpaired) electrons. The highest BCUT2D eigenvalue weighted by molar-refractivity contribution is 7.17. The summed E-state index contributed by atoms with van der Waals surface area (Å²) in [5, 5.41) is 21.8. The van der Waals surface area contributed by atoms with Crippen molar-refractivity contribution in [2.45, 2.75) is 6.92 Å². The maximum absolute atomic E-state index is 11.9. The molecular weight excluding hydrogens is 372 g/mol. The molecule has 2 aromatic carbocycles. The van der Waals surface area contributed by atoms with Crippen molar-refractivity contribution in [3.05, 3.63) is 75.4 Å². The minimum absolute atomic E-state index is 0.0148. The fourth-order valence-electron chi connectivity index (χ4n) is 3.16. The molecule has 0 bridgehead atoms. The molecule has 5 nitrogen and oxygen atoms in total. The first-order valence-corrected chi connectivity index (χ1v) is 9.36. The average molecular weight is 386 g/mol. The topological polar surface area (TPSA) is 94.0 Å². The minimum Gasteiger partial charge on any atom is -0.506 e. The first-order chi connectivity index (χ1) is 13.5. The number of benzene rings is 2. The maximum Gasteiger partial charge on any atom is 0.270 e. The van der Waals surface area contributed by atoms with Crippen molar-refractivity contribution in [3.63, 3.8) is 0 Å². The fraction of sp³-hybridized carbons (Fsp3) is 0.0455. The normalized spacial score (nSPS) is 10.7. The van der Waals surface area contributed by atoms with Crippen LogP contribution in [0.2, 0.25) is 0 Å². The van der Waals surface area contributed by atoms with Gasteiger partial charge in [-0.25, -0.2) is 0 Å². The first-order valence-electron chi connectivity index (χ1n) is 8.48. The van der Waals surface area contributed by atoms with E-state index < -0.39 is 5.56 Å². The molecule has 0 fully saturated rings. The Labute approximate surface area is 164 Å². The molecular formula is C22H14N2O3S. The van der Waals surface area contributed by atoms with Crippen LogP contribution in [-0.2, 0) is 0 Å². The van der Waals surface area contributed by atoms with Crippen LogP contribution in [0.4, 0.5) is 0 Å². The van der Waals surface area contributed by atoms with Crippen molar-refractivity contribution in [3.8, 4) is 34.1 Å². The molecule has 0 aliphatic heterocycles. The number of nitriles is 1. The number of fused-ring (bicyclic) bond motifs is 1. The highest BCUT2D eigenvalue weighted by atomic mass is 32.1. The van der Waals surface area contributed by atoms with Gasteiger partial charge in [-0.3, -0.25) is 9.59 Å². The Hall–Kier alpha value is -3.69.